The first-order chi connectivity index (χ1) is 27.3. The van der Waals surface area contributed by atoms with Crippen LogP contribution in [0.3, 0.4) is 0 Å². The van der Waals surface area contributed by atoms with Crippen molar-refractivity contribution in [1.82, 2.24) is 10.3 Å². The van der Waals surface area contributed by atoms with Crippen molar-refractivity contribution in [1.29, 1.82) is 0 Å². The van der Waals surface area contributed by atoms with E-state index in [4.69, 9.17) is 9.47 Å². The number of methoxy groups -OCH3 is 1. The second-order valence-electron chi connectivity index (χ2n) is 18.3. The van der Waals surface area contributed by atoms with Crippen LogP contribution in [0.15, 0.2) is 48.5 Å². The molecule has 5 unspecified atom stereocenters. The zero-order valence-electron chi connectivity index (χ0n) is 34.7. The van der Waals surface area contributed by atoms with Crippen LogP contribution in [0, 0.1) is 53.3 Å². The molecular weight excluding hydrogens is 719 g/mol. The topological polar surface area (TPSA) is 147 Å². The highest BCUT2D eigenvalue weighted by Gasteiger charge is 2.65. The van der Waals surface area contributed by atoms with E-state index in [2.05, 4.69) is 36.4 Å². The van der Waals surface area contributed by atoms with Crippen LogP contribution in [0.4, 0.5) is 5.69 Å². The standard InChI is InChI=1S/C47H63N3O7/c1-27(11-18-41(54)56-6)35-16-17-36-43-37(25-40(53)47(35,36)5)46(4)20-19-33(23-32(46)24-39(43)52)57-22-21-48-45(55)31-14-12-30(13-15-31)26-49-44-34-9-7-8-10-38(34)50-28(2)42(44)29(3)51/h7-10,12-15,27,32-33,35-37,39-40,43,52-53H,11,16-26H2,1-6H3,(H,48,55)(H,49,50)/t27-,32?,33+,35?,36?,37?,39-,40+,43?,46+,47-/m1/s1. The number of aromatic nitrogens is 1. The predicted molar refractivity (Wildman–Crippen MR) is 221 cm³/mol. The number of hydrogen-bond acceptors (Lipinski definition) is 9. The molecular formula is C47H63N3O7. The van der Waals surface area contributed by atoms with Gasteiger partial charge < -0.3 is 30.3 Å². The van der Waals surface area contributed by atoms with E-state index in [9.17, 15) is 24.6 Å². The molecule has 11 atom stereocenters. The third-order valence-corrected chi connectivity index (χ3v) is 15.4. The molecule has 4 N–H and O–H groups in total. The van der Waals surface area contributed by atoms with Gasteiger partial charge in [-0.05, 0) is 135 Å². The molecule has 1 heterocycles. The van der Waals surface area contributed by atoms with Crippen LogP contribution in [0.1, 0.15) is 117 Å². The van der Waals surface area contributed by atoms with Gasteiger partial charge in [0.05, 0.1) is 54.5 Å². The van der Waals surface area contributed by atoms with Crippen LogP contribution in [0.25, 0.3) is 10.9 Å². The van der Waals surface area contributed by atoms with Crippen LogP contribution < -0.4 is 10.6 Å². The van der Waals surface area contributed by atoms with Crippen LogP contribution in [-0.4, -0.2) is 71.4 Å². The van der Waals surface area contributed by atoms with E-state index in [0.717, 1.165) is 73.5 Å². The summed E-state index contributed by atoms with van der Waals surface area (Å²) in [7, 11) is 1.44. The van der Waals surface area contributed by atoms with Gasteiger partial charge in [0.2, 0.25) is 0 Å². The first kappa shape index (κ1) is 41.3. The molecule has 0 spiro atoms. The lowest BCUT2D eigenvalue weighted by atomic mass is 9.43. The summed E-state index contributed by atoms with van der Waals surface area (Å²) in [5.74, 6) is 1.29. The number of pyridine rings is 1. The summed E-state index contributed by atoms with van der Waals surface area (Å²) >= 11 is 0. The van der Waals surface area contributed by atoms with Gasteiger partial charge in [-0.15, -0.1) is 0 Å². The van der Waals surface area contributed by atoms with E-state index in [-0.39, 0.29) is 52.3 Å². The Labute approximate surface area is 337 Å². The maximum atomic E-state index is 13.1. The number of esters is 1. The Kier molecular flexibility index (Phi) is 12.2. The minimum atomic E-state index is -0.428. The van der Waals surface area contributed by atoms with Crippen LogP contribution >= 0.6 is 0 Å². The number of benzene rings is 2. The highest BCUT2D eigenvalue weighted by molar-refractivity contribution is 6.08. The van der Waals surface area contributed by atoms with E-state index in [1.807, 2.05) is 55.5 Å². The van der Waals surface area contributed by atoms with E-state index in [1.54, 1.807) is 6.92 Å². The third-order valence-electron chi connectivity index (χ3n) is 15.4. The SMILES string of the molecule is COC(=O)CC[C@@H](C)C1CCC2C3C(C[C@H](O)[C@@]21C)[C@@]1(C)CC[C@H](OCCNC(=O)c2ccc(CNc4c(C(C)=O)c(C)nc5ccccc45)cc2)CC1C[C@H]3O. The number of carbonyl (C=O) groups excluding carboxylic acids is 3. The summed E-state index contributed by atoms with van der Waals surface area (Å²) in [6.07, 6.45) is 6.77. The molecule has 3 aromatic rings. The summed E-state index contributed by atoms with van der Waals surface area (Å²) in [6, 6.07) is 15.3. The van der Waals surface area contributed by atoms with E-state index in [1.165, 1.54) is 7.11 Å². The molecule has 4 fully saturated rings. The molecule has 57 heavy (non-hydrogen) atoms. The molecule has 10 nitrogen and oxygen atoms in total. The number of aliphatic hydroxyl groups is 2. The maximum absolute atomic E-state index is 13.1. The smallest absolute Gasteiger partial charge is 0.305 e. The molecule has 0 radical (unpaired) electrons. The summed E-state index contributed by atoms with van der Waals surface area (Å²) in [6.45, 7) is 11.6. The number of aryl methyl sites for hydroxylation is 1. The molecule has 4 saturated carbocycles. The monoisotopic (exact) mass is 781 g/mol. The molecule has 0 bridgehead atoms. The number of rotatable bonds is 13. The number of para-hydroxylation sites is 1. The Bertz CT molecular complexity index is 1950. The number of fused-ring (bicyclic) bond motifs is 6. The fourth-order valence-electron chi connectivity index (χ4n) is 12.3. The molecule has 0 saturated heterocycles. The lowest BCUT2D eigenvalue weighted by Crippen LogP contribution is -2.62. The van der Waals surface area contributed by atoms with Gasteiger partial charge in [0.15, 0.2) is 5.78 Å². The number of aliphatic hydroxyl groups excluding tert-OH is 2. The average Bonchev–Trinajstić information content (AvgIpc) is 3.56. The van der Waals surface area contributed by atoms with Gasteiger partial charge >= 0.3 is 5.97 Å². The Morgan fingerprint density at radius 2 is 1.74 bits per heavy atom. The second-order valence-corrected chi connectivity index (χ2v) is 18.3. The quantitative estimate of drug-likeness (QED) is 0.0780. The molecule has 1 aromatic heterocycles. The maximum Gasteiger partial charge on any atom is 0.305 e. The Morgan fingerprint density at radius 3 is 2.47 bits per heavy atom. The van der Waals surface area contributed by atoms with Gasteiger partial charge in [-0.3, -0.25) is 19.4 Å². The number of nitrogens with zero attached hydrogens (tertiary/aromatic N) is 1. The minimum absolute atomic E-state index is 0.0377. The van der Waals surface area contributed by atoms with Gasteiger partial charge in [-0.1, -0.05) is 51.1 Å². The summed E-state index contributed by atoms with van der Waals surface area (Å²) in [5.41, 5.74) is 4.23. The van der Waals surface area contributed by atoms with E-state index < -0.39 is 12.2 Å². The molecule has 308 valence electrons. The van der Waals surface area contributed by atoms with Gasteiger partial charge in [0.1, 0.15) is 0 Å². The number of ketones is 1. The average molecular weight is 782 g/mol. The zero-order chi connectivity index (χ0) is 40.6. The van der Waals surface area contributed by atoms with Gasteiger partial charge in [0, 0.05) is 30.5 Å². The van der Waals surface area contributed by atoms with E-state index >= 15 is 0 Å². The number of nitrogens with one attached hydrogen (secondary N) is 2. The Hall–Kier alpha value is -3.86. The van der Waals surface area contributed by atoms with Gasteiger partial charge in [-0.2, -0.15) is 0 Å². The fourth-order valence-corrected chi connectivity index (χ4v) is 12.3. The van der Waals surface area contributed by atoms with Crippen molar-refractivity contribution in [3.8, 4) is 0 Å². The fraction of sp³-hybridized carbons (Fsp3) is 0.617. The molecule has 10 heteroatoms. The molecule has 1 amide bonds. The highest BCUT2D eigenvalue weighted by atomic mass is 16.5. The number of Topliss-reactive ketones (excluding diaryl/α,β-unsaturated/α-hetero) is 1. The normalized spacial score (nSPS) is 32.4. The number of hydrogen-bond donors (Lipinski definition) is 4. The van der Waals surface area contributed by atoms with E-state index in [0.29, 0.717) is 60.7 Å². The van der Waals surface area contributed by atoms with Crippen molar-refractivity contribution >= 4 is 34.3 Å². The summed E-state index contributed by atoms with van der Waals surface area (Å²) in [5, 5.41) is 31.1. The van der Waals surface area contributed by atoms with Crippen molar-refractivity contribution in [2.45, 2.75) is 117 Å². The predicted octanol–water partition coefficient (Wildman–Crippen LogP) is 7.66. The van der Waals surface area contributed by atoms with Gasteiger partial charge in [-0.25, -0.2) is 0 Å². The van der Waals surface area contributed by atoms with Crippen LogP contribution in [-0.2, 0) is 20.8 Å². The van der Waals surface area contributed by atoms with Crippen molar-refractivity contribution in [3.63, 3.8) is 0 Å². The largest absolute Gasteiger partial charge is 0.469 e. The highest BCUT2D eigenvalue weighted by Crippen LogP contribution is 2.68. The minimum Gasteiger partial charge on any atom is -0.469 e. The first-order valence-electron chi connectivity index (χ1n) is 21.3. The van der Waals surface area contributed by atoms with Crippen molar-refractivity contribution in [3.05, 3.63) is 70.9 Å². The molecule has 4 aliphatic rings. The lowest BCUT2D eigenvalue weighted by molar-refractivity contribution is -0.209. The molecule has 4 aliphatic carbocycles. The second kappa shape index (κ2) is 16.8. The summed E-state index contributed by atoms with van der Waals surface area (Å²) in [4.78, 5) is 42.1. The van der Waals surface area contributed by atoms with Crippen LogP contribution in [0.2, 0.25) is 0 Å². The number of ether oxygens (including phenoxy) is 2. The van der Waals surface area contributed by atoms with Gasteiger partial charge in [0.25, 0.3) is 5.91 Å². The van der Waals surface area contributed by atoms with Crippen molar-refractivity contribution < 1.29 is 34.1 Å². The lowest BCUT2D eigenvalue weighted by Gasteiger charge is -2.63. The van der Waals surface area contributed by atoms with Crippen molar-refractivity contribution in [2.24, 2.45) is 46.3 Å². The Balaban J connectivity index is 0.893. The van der Waals surface area contributed by atoms with Crippen LogP contribution in [0.5, 0.6) is 0 Å². The first-order valence-corrected chi connectivity index (χ1v) is 21.3. The number of carbonyl (C=O) groups is 3. The summed E-state index contributed by atoms with van der Waals surface area (Å²) < 4.78 is 11.3. The van der Waals surface area contributed by atoms with Crippen molar-refractivity contribution in [2.75, 3.05) is 25.6 Å². The number of amides is 1. The zero-order valence-corrected chi connectivity index (χ0v) is 34.7. The molecule has 7 rings (SSSR count). The molecule has 0 aliphatic heterocycles. The number of anilines is 1. The molecule has 2 aromatic carbocycles. The Morgan fingerprint density at radius 1 is 0.982 bits per heavy atom. The third kappa shape index (κ3) is 7.86.